The molecule has 1 unspecified atom stereocenters. The zero-order valence-corrected chi connectivity index (χ0v) is 22.0. The van der Waals surface area contributed by atoms with Crippen molar-refractivity contribution in [1.82, 2.24) is 9.47 Å². The molecule has 1 aliphatic heterocycles. The molecule has 3 aromatic rings. The lowest BCUT2D eigenvalue weighted by Gasteiger charge is -2.26. The number of rotatable bonds is 6. The number of Topliss-reactive ketones (excluding diaryl/α,β-unsaturated/α-hetero) is 1. The van der Waals surface area contributed by atoms with Crippen molar-refractivity contribution in [2.45, 2.75) is 45.8 Å². The molecular weight excluding hydrogens is 488 g/mol. The van der Waals surface area contributed by atoms with Gasteiger partial charge in [0, 0.05) is 18.1 Å². The minimum absolute atomic E-state index is 0.00278. The Morgan fingerprint density at radius 3 is 2.29 bits per heavy atom. The Hall–Kier alpha value is -4.40. The Bertz CT molecular complexity index is 1460. The first-order valence-electron chi connectivity index (χ1n) is 12.2. The molecule has 1 N–H and O–H groups in total. The number of benzene rings is 2. The highest BCUT2D eigenvalue weighted by atomic mass is 16.6. The molecular formula is C29H30N2O7. The summed E-state index contributed by atoms with van der Waals surface area (Å²) in [7, 11) is 1.28. The van der Waals surface area contributed by atoms with Crippen LogP contribution in [-0.2, 0) is 25.5 Å². The number of esters is 1. The van der Waals surface area contributed by atoms with Crippen molar-refractivity contribution >= 4 is 34.7 Å². The van der Waals surface area contributed by atoms with Gasteiger partial charge in [-0.1, -0.05) is 30.3 Å². The van der Waals surface area contributed by atoms with Gasteiger partial charge in [0.2, 0.25) is 0 Å². The van der Waals surface area contributed by atoms with Crippen molar-refractivity contribution in [3.05, 3.63) is 82.8 Å². The predicted molar refractivity (Wildman–Crippen MR) is 140 cm³/mol. The van der Waals surface area contributed by atoms with Crippen LogP contribution in [0.4, 0.5) is 4.79 Å². The van der Waals surface area contributed by atoms with E-state index in [1.54, 1.807) is 51.2 Å². The van der Waals surface area contributed by atoms with Crippen LogP contribution >= 0.6 is 0 Å². The van der Waals surface area contributed by atoms with Gasteiger partial charge in [0.05, 0.1) is 29.8 Å². The molecule has 0 bridgehead atoms. The Morgan fingerprint density at radius 1 is 1.03 bits per heavy atom. The van der Waals surface area contributed by atoms with Gasteiger partial charge >= 0.3 is 12.1 Å². The fourth-order valence-corrected chi connectivity index (χ4v) is 4.66. The summed E-state index contributed by atoms with van der Waals surface area (Å²) in [6, 6.07) is 12.9. The van der Waals surface area contributed by atoms with Crippen molar-refractivity contribution < 1.29 is 33.8 Å². The maximum Gasteiger partial charge on any atom is 0.419 e. The van der Waals surface area contributed by atoms with Crippen molar-refractivity contribution in [3.8, 4) is 0 Å². The quantitative estimate of drug-likeness (QED) is 0.469. The molecule has 198 valence electrons. The first-order chi connectivity index (χ1) is 17.9. The van der Waals surface area contributed by atoms with Gasteiger partial charge < -0.3 is 19.5 Å². The maximum absolute atomic E-state index is 13.1. The zero-order chi connectivity index (χ0) is 27.8. The summed E-state index contributed by atoms with van der Waals surface area (Å²) < 4.78 is 11.7. The molecule has 38 heavy (non-hydrogen) atoms. The summed E-state index contributed by atoms with van der Waals surface area (Å²) in [6.07, 6.45) is 1.52. The highest BCUT2D eigenvalue weighted by molar-refractivity contribution is 6.08. The number of hydrogen-bond donors (Lipinski definition) is 1. The second kappa shape index (κ2) is 10.2. The second-order valence-corrected chi connectivity index (χ2v) is 10.1. The van der Waals surface area contributed by atoms with E-state index < -0.39 is 41.2 Å². The molecule has 0 saturated heterocycles. The van der Waals surface area contributed by atoms with Crippen LogP contribution in [0, 0.1) is 0 Å². The lowest BCUT2D eigenvalue weighted by molar-refractivity contribution is -0.129. The fraction of sp³-hybridized carbons (Fsp3) is 0.310. The third kappa shape index (κ3) is 5.04. The molecule has 9 nitrogen and oxygen atoms in total. The average molecular weight is 519 g/mol. The van der Waals surface area contributed by atoms with Crippen LogP contribution in [-0.4, -0.2) is 57.6 Å². The molecule has 0 fully saturated rings. The van der Waals surface area contributed by atoms with E-state index in [0.29, 0.717) is 23.1 Å². The number of para-hydroxylation sites is 1. The van der Waals surface area contributed by atoms with Gasteiger partial charge in [-0.15, -0.1) is 0 Å². The third-order valence-electron chi connectivity index (χ3n) is 6.34. The van der Waals surface area contributed by atoms with Gasteiger partial charge in [-0.3, -0.25) is 14.2 Å². The largest absolute Gasteiger partial charge is 0.503 e. The number of hydrogen-bond acceptors (Lipinski definition) is 7. The van der Waals surface area contributed by atoms with Gasteiger partial charge in [-0.2, -0.15) is 0 Å². The number of nitrogens with zero attached hydrogens (tertiary/aromatic N) is 2. The van der Waals surface area contributed by atoms with Gasteiger partial charge in [0.15, 0.2) is 11.5 Å². The van der Waals surface area contributed by atoms with Gasteiger partial charge in [0.25, 0.3) is 5.91 Å². The molecule has 0 aliphatic carbocycles. The number of fused-ring (bicyclic) bond motifs is 1. The van der Waals surface area contributed by atoms with E-state index in [4.69, 9.17) is 9.47 Å². The van der Waals surface area contributed by atoms with E-state index in [9.17, 15) is 24.3 Å². The molecule has 2 aromatic carbocycles. The molecule has 4 rings (SSSR count). The van der Waals surface area contributed by atoms with E-state index >= 15 is 0 Å². The normalized spacial score (nSPS) is 15.8. The second-order valence-electron chi connectivity index (χ2n) is 10.1. The van der Waals surface area contributed by atoms with E-state index in [1.165, 1.54) is 23.5 Å². The van der Waals surface area contributed by atoms with Crippen LogP contribution in [0.1, 0.15) is 55.2 Å². The number of ether oxygens (including phenoxy) is 2. The number of ketones is 1. The molecule has 1 atom stereocenters. The number of carbonyl (C=O) groups excluding carboxylic acids is 4. The minimum Gasteiger partial charge on any atom is -0.503 e. The lowest BCUT2D eigenvalue weighted by atomic mass is 9.95. The minimum atomic E-state index is -0.828. The molecule has 1 amide bonds. The monoisotopic (exact) mass is 518 g/mol. The topological polar surface area (TPSA) is 115 Å². The van der Waals surface area contributed by atoms with Crippen molar-refractivity contribution in [3.63, 3.8) is 0 Å². The van der Waals surface area contributed by atoms with E-state index in [1.807, 2.05) is 24.3 Å². The third-order valence-corrected chi connectivity index (χ3v) is 6.34. The summed E-state index contributed by atoms with van der Waals surface area (Å²) in [6.45, 7) is 6.83. The van der Waals surface area contributed by atoms with Crippen LogP contribution in [0.25, 0.3) is 10.9 Å². The van der Waals surface area contributed by atoms with Gasteiger partial charge in [0.1, 0.15) is 5.60 Å². The van der Waals surface area contributed by atoms with Gasteiger partial charge in [-0.25, -0.2) is 9.59 Å². The summed E-state index contributed by atoms with van der Waals surface area (Å²) in [5.41, 5.74) is 1.68. The zero-order valence-electron chi connectivity index (χ0n) is 22.0. The smallest absolute Gasteiger partial charge is 0.419 e. The molecule has 2 heterocycles. The predicted octanol–water partition coefficient (Wildman–Crippen LogP) is 4.74. The summed E-state index contributed by atoms with van der Waals surface area (Å²) in [5, 5.41) is 11.4. The Morgan fingerprint density at radius 2 is 1.68 bits per heavy atom. The van der Waals surface area contributed by atoms with E-state index in [2.05, 4.69) is 0 Å². The number of amides is 1. The van der Waals surface area contributed by atoms with Crippen LogP contribution in [0.15, 0.2) is 66.1 Å². The maximum atomic E-state index is 13.1. The molecule has 1 aliphatic rings. The van der Waals surface area contributed by atoms with Crippen LogP contribution in [0.2, 0.25) is 0 Å². The Labute approximate surface area is 220 Å². The fourth-order valence-electron chi connectivity index (χ4n) is 4.66. The molecule has 9 heteroatoms. The first-order valence-corrected chi connectivity index (χ1v) is 12.2. The number of carbonyl (C=O) groups is 4. The summed E-state index contributed by atoms with van der Waals surface area (Å²) in [4.78, 5) is 51.7. The van der Waals surface area contributed by atoms with Crippen LogP contribution < -0.4 is 0 Å². The van der Waals surface area contributed by atoms with E-state index in [0.717, 1.165) is 10.9 Å². The molecule has 0 radical (unpaired) electrons. The number of aliphatic hydroxyl groups excluding tert-OH is 1. The van der Waals surface area contributed by atoms with Crippen LogP contribution in [0.5, 0.6) is 0 Å². The molecule has 0 spiro atoms. The highest BCUT2D eigenvalue weighted by Crippen LogP contribution is 2.38. The van der Waals surface area contributed by atoms with Crippen molar-refractivity contribution in [1.29, 1.82) is 0 Å². The molecule has 0 saturated carbocycles. The first kappa shape index (κ1) is 26.7. The molecule has 1 aromatic heterocycles. The van der Waals surface area contributed by atoms with Crippen molar-refractivity contribution in [2.24, 2.45) is 0 Å². The lowest BCUT2D eigenvalue weighted by Crippen LogP contribution is -2.33. The van der Waals surface area contributed by atoms with E-state index in [-0.39, 0.29) is 12.1 Å². The standard InChI is InChI=1S/C29H30N2O7/c1-17(32)23-24(18-10-12-19(13-11-18)27(35)37-5)30(26(34)25(23)33)15-14-20-16-31(28(36)38-29(2,3)4)22-9-7-6-8-21(20)22/h6-13,16,24,33H,14-15H2,1-5H3. The average Bonchev–Trinajstić information content (AvgIpc) is 3.36. The van der Waals surface area contributed by atoms with Crippen LogP contribution in [0.3, 0.4) is 0 Å². The highest BCUT2D eigenvalue weighted by Gasteiger charge is 2.42. The number of methoxy groups -OCH3 is 1. The number of aromatic nitrogens is 1. The Balaban J connectivity index is 1.67. The number of aliphatic hydroxyl groups is 1. The van der Waals surface area contributed by atoms with Gasteiger partial charge in [-0.05, 0) is 63.4 Å². The Kier molecular flexibility index (Phi) is 7.13. The summed E-state index contributed by atoms with van der Waals surface area (Å²) >= 11 is 0. The SMILES string of the molecule is COC(=O)c1ccc(C2C(C(C)=O)=C(O)C(=O)N2CCc2cn(C(=O)OC(C)(C)C)c3ccccc23)cc1. The summed E-state index contributed by atoms with van der Waals surface area (Å²) in [5.74, 6) is -2.19. The van der Waals surface area contributed by atoms with Crippen molar-refractivity contribution in [2.75, 3.05) is 13.7 Å².